The molecule has 0 saturated heterocycles. The summed E-state index contributed by atoms with van der Waals surface area (Å²) in [6.45, 7) is 1.97. The fraction of sp³-hybridized carbons (Fsp3) is 0.417. The molecule has 0 amide bonds. The van der Waals surface area contributed by atoms with Gasteiger partial charge in [-0.2, -0.15) is 0 Å². The van der Waals surface area contributed by atoms with Crippen LogP contribution in [0.3, 0.4) is 0 Å². The van der Waals surface area contributed by atoms with E-state index < -0.39 is 5.97 Å². The molecule has 0 bridgehead atoms. The summed E-state index contributed by atoms with van der Waals surface area (Å²) in [5.74, 6) is -1.06. The average molecular weight is 255 g/mol. The molecule has 0 radical (unpaired) electrons. The predicted molar refractivity (Wildman–Crippen MR) is 66.2 cm³/mol. The molecule has 2 atom stereocenters. The van der Waals surface area contributed by atoms with Crippen LogP contribution in [-0.2, 0) is 4.79 Å². The van der Waals surface area contributed by atoms with Crippen LogP contribution < -0.4 is 4.90 Å². The van der Waals surface area contributed by atoms with E-state index in [2.05, 4.69) is 0 Å². The molecule has 1 N–H and O–H groups in total. The molecule has 0 spiro atoms. The lowest BCUT2D eigenvalue weighted by Gasteiger charge is -2.38. The second-order valence-corrected chi connectivity index (χ2v) is 5.50. The van der Waals surface area contributed by atoms with Crippen LogP contribution in [0.1, 0.15) is 13.3 Å². The lowest BCUT2D eigenvalue weighted by atomic mass is 10.1. The van der Waals surface area contributed by atoms with E-state index in [4.69, 9.17) is 5.11 Å². The minimum absolute atomic E-state index is 0.00420. The highest BCUT2D eigenvalue weighted by Crippen LogP contribution is 2.42. The summed E-state index contributed by atoms with van der Waals surface area (Å²) >= 11 is 1.52. The van der Waals surface area contributed by atoms with Crippen molar-refractivity contribution in [1.29, 1.82) is 0 Å². The van der Waals surface area contributed by atoms with Crippen molar-refractivity contribution >= 4 is 23.4 Å². The van der Waals surface area contributed by atoms with Crippen LogP contribution in [0, 0.1) is 5.82 Å². The summed E-state index contributed by atoms with van der Waals surface area (Å²) in [5.41, 5.74) is 0.837. The molecule has 1 aliphatic heterocycles. The molecule has 3 nitrogen and oxygen atoms in total. The third kappa shape index (κ3) is 2.39. The van der Waals surface area contributed by atoms with E-state index in [9.17, 15) is 9.18 Å². The number of hydrogen-bond acceptors (Lipinski definition) is 3. The SMILES string of the molecule is CC1C(CC(=O)O)Sc2ccc(F)cc2N1C. The topological polar surface area (TPSA) is 40.5 Å². The standard InChI is InChI=1S/C12H14FNO2S/c1-7-11(6-12(15)16)17-10-4-3-8(13)5-9(10)14(7)2/h3-5,7,11H,6H2,1-2H3,(H,15,16). The lowest BCUT2D eigenvalue weighted by Crippen LogP contribution is -2.41. The number of rotatable bonds is 2. The van der Waals surface area contributed by atoms with E-state index in [1.54, 1.807) is 6.07 Å². The predicted octanol–water partition coefficient (Wildman–Crippen LogP) is 2.60. The summed E-state index contributed by atoms with van der Waals surface area (Å²) in [5, 5.41) is 8.87. The van der Waals surface area contributed by atoms with E-state index >= 15 is 0 Å². The number of aliphatic carboxylic acids is 1. The molecule has 92 valence electrons. The number of carboxylic acid groups (broad SMARTS) is 1. The highest BCUT2D eigenvalue weighted by Gasteiger charge is 2.31. The van der Waals surface area contributed by atoms with E-state index in [1.165, 1.54) is 23.9 Å². The first kappa shape index (κ1) is 12.2. The quantitative estimate of drug-likeness (QED) is 0.882. The third-order valence-electron chi connectivity index (χ3n) is 3.10. The maximum absolute atomic E-state index is 13.2. The zero-order chi connectivity index (χ0) is 12.6. The molecular weight excluding hydrogens is 241 g/mol. The number of fused-ring (bicyclic) bond motifs is 1. The number of carbonyl (C=O) groups is 1. The highest BCUT2D eigenvalue weighted by molar-refractivity contribution is 8.00. The Kier molecular flexibility index (Phi) is 3.28. The van der Waals surface area contributed by atoms with Crippen LogP contribution >= 0.6 is 11.8 Å². The van der Waals surface area contributed by atoms with Crippen molar-refractivity contribution in [2.75, 3.05) is 11.9 Å². The minimum Gasteiger partial charge on any atom is -0.481 e. The first-order valence-electron chi connectivity index (χ1n) is 5.40. The second kappa shape index (κ2) is 4.56. The van der Waals surface area contributed by atoms with Crippen LogP contribution in [0.4, 0.5) is 10.1 Å². The Morgan fingerprint density at radius 2 is 2.29 bits per heavy atom. The van der Waals surface area contributed by atoms with Gasteiger partial charge in [-0.3, -0.25) is 4.79 Å². The van der Waals surface area contributed by atoms with Crippen molar-refractivity contribution in [2.45, 2.75) is 29.5 Å². The number of benzene rings is 1. The largest absolute Gasteiger partial charge is 0.481 e. The molecule has 1 aromatic rings. The van der Waals surface area contributed by atoms with E-state index in [-0.39, 0.29) is 23.5 Å². The molecule has 17 heavy (non-hydrogen) atoms. The number of nitrogens with zero attached hydrogens (tertiary/aromatic N) is 1. The fourth-order valence-corrected chi connectivity index (χ4v) is 3.38. The summed E-state index contributed by atoms with van der Waals surface area (Å²) in [7, 11) is 1.87. The molecule has 5 heteroatoms. The fourth-order valence-electron chi connectivity index (χ4n) is 1.98. The van der Waals surface area contributed by atoms with E-state index in [1.807, 2.05) is 18.9 Å². The van der Waals surface area contributed by atoms with E-state index in [0.29, 0.717) is 0 Å². The number of anilines is 1. The van der Waals surface area contributed by atoms with E-state index in [0.717, 1.165) is 10.6 Å². The van der Waals surface area contributed by atoms with Crippen LogP contribution in [0.25, 0.3) is 0 Å². The van der Waals surface area contributed by atoms with Gasteiger partial charge in [0.25, 0.3) is 0 Å². The number of halogens is 1. The van der Waals surface area contributed by atoms with Gasteiger partial charge in [0.2, 0.25) is 0 Å². The van der Waals surface area contributed by atoms with Gasteiger partial charge in [0, 0.05) is 23.2 Å². The first-order valence-corrected chi connectivity index (χ1v) is 6.28. The number of hydrogen-bond donors (Lipinski definition) is 1. The van der Waals surface area contributed by atoms with Gasteiger partial charge in [-0.05, 0) is 25.1 Å². The van der Waals surface area contributed by atoms with Crippen molar-refractivity contribution in [2.24, 2.45) is 0 Å². The maximum Gasteiger partial charge on any atom is 0.304 e. The molecule has 0 fully saturated rings. The summed E-state index contributed by atoms with van der Waals surface area (Å²) in [6, 6.07) is 4.70. The molecule has 0 saturated carbocycles. The normalized spacial score (nSPS) is 23.4. The van der Waals surface area contributed by atoms with Crippen LogP contribution in [0.5, 0.6) is 0 Å². The monoisotopic (exact) mass is 255 g/mol. The first-order chi connectivity index (χ1) is 7.99. The van der Waals surface area contributed by atoms with Crippen LogP contribution in [-0.4, -0.2) is 29.4 Å². The summed E-state index contributed by atoms with van der Waals surface area (Å²) < 4.78 is 13.2. The molecule has 0 aliphatic carbocycles. The summed E-state index contributed by atoms with van der Waals surface area (Å²) in [6.07, 6.45) is 0.118. The van der Waals surface area contributed by atoms with Gasteiger partial charge in [-0.1, -0.05) is 0 Å². The van der Waals surface area contributed by atoms with Gasteiger partial charge in [-0.15, -0.1) is 11.8 Å². The number of carboxylic acids is 1. The number of thioether (sulfide) groups is 1. The Morgan fingerprint density at radius 3 is 2.94 bits per heavy atom. The molecule has 1 heterocycles. The Balaban J connectivity index is 2.32. The zero-order valence-electron chi connectivity index (χ0n) is 9.68. The molecule has 2 unspecified atom stereocenters. The smallest absolute Gasteiger partial charge is 0.304 e. The molecule has 0 aromatic heterocycles. The third-order valence-corrected chi connectivity index (χ3v) is 4.57. The van der Waals surface area contributed by atoms with Crippen molar-refractivity contribution in [3.8, 4) is 0 Å². The Labute approximate surface area is 104 Å². The molecule has 1 aliphatic rings. The molecule has 2 rings (SSSR count). The zero-order valence-corrected chi connectivity index (χ0v) is 10.5. The second-order valence-electron chi connectivity index (χ2n) is 4.22. The Hall–Kier alpha value is -1.23. The average Bonchev–Trinajstić information content (AvgIpc) is 2.26. The molecular formula is C12H14FNO2S. The highest BCUT2D eigenvalue weighted by atomic mass is 32.2. The lowest BCUT2D eigenvalue weighted by molar-refractivity contribution is -0.137. The van der Waals surface area contributed by atoms with Crippen molar-refractivity contribution in [3.05, 3.63) is 24.0 Å². The van der Waals surface area contributed by atoms with Gasteiger partial charge >= 0.3 is 5.97 Å². The Bertz CT molecular complexity index is 452. The maximum atomic E-state index is 13.2. The van der Waals surface area contributed by atoms with Gasteiger partial charge in [0.05, 0.1) is 12.1 Å². The summed E-state index contributed by atoms with van der Waals surface area (Å²) in [4.78, 5) is 13.7. The van der Waals surface area contributed by atoms with Gasteiger partial charge in [0.15, 0.2) is 0 Å². The van der Waals surface area contributed by atoms with Crippen LogP contribution in [0.15, 0.2) is 23.1 Å². The van der Waals surface area contributed by atoms with Crippen molar-refractivity contribution < 1.29 is 14.3 Å². The minimum atomic E-state index is -0.798. The van der Waals surface area contributed by atoms with Gasteiger partial charge in [-0.25, -0.2) is 4.39 Å². The van der Waals surface area contributed by atoms with Crippen molar-refractivity contribution in [3.63, 3.8) is 0 Å². The Morgan fingerprint density at radius 1 is 1.59 bits per heavy atom. The van der Waals surface area contributed by atoms with Crippen molar-refractivity contribution in [1.82, 2.24) is 0 Å². The molecule has 1 aromatic carbocycles. The van der Waals surface area contributed by atoms with Crippen LogP contribution in [0.2, 0.25) is 0 Å². The van der Waals surface area contributed by atoms with Gasteiger partial charge in [0.1, 0.15) is 5.82 Å². The van der Waals surface area contributed by atoms with Gasteiger partial charge < -0.3 is 10.0 Å².